The number of methoxy groups -OCH3 is 2. The summed E-state index contributed by atoms with van der Waals surface area (Å²) in [5.41, 5.74) is 7.28. The van der Waals surface area contributed by atoms with Crippen molar-refractivity contribution < 1.29 is 14.3 Å². The first-order valence-corrected chi connectivity index (χ1v) is 14.8. The number of fused-ring (bicyclic) bond motifs is 1. The quantitative estimate of drug-likeness (QED) is 0.274. The standard InChI is InChI=1S/C31H46N8O3/c1-31(2,3)37-30(40)36-29-26(22-17-24(41-4)20-25(18-22)42-5)19-23-21-33-27(34-28(23)35-29)9-6-7-11-38-13-15-39(16-14-38)12-8-10-32/h17-21H,6-16,32H2,1-5H3,(H2,33,34,35,36,37,40). The minimum Gasteiger partial charge on any atom is -0.497 e. The van der Waals surface area contributed by atoms with E-state index in [0.717, 1.165) is 88.3 Å². The SMILES string of the molecule is COc1cc(OC)cc(-c2cc3cnc(CCCCN4CCN(CCCN)CC4)nc3nc2NC(=O)NC(C)(C)C)c1. The van der Waals surface area contributed by atoms with Gasteiger partial charge in [-0.05, 0) is 83.4 Å². The summed E-state index contributed by atoms with van der Waals surface area (Å²) >= 11 is 0. The molecule has 42 heavy (non-hydrogen) atoms. The number of carbonyl (C=O) groups is 1. The summed E-state index contributed by atoms with van der Waals surface area (Å²) in [5, 5.41) is 6.66. The summed E-state index contributed by atoms with van der Waals surface area (Å²) < 4.78 is 11.0. The number of nitrogens with two attached hydrogens (primary N) is 1. The third-order valence-electron chi connectivity index (χ3n) is 7.27. The Morgan fingerprint density at radius 3 is 2.17 bits per heavy atom. The molecule has 1 aliphatic heterocycles. The first-order valence-electron chi connectivity index (χ1n) is 14.8. The Labute approximate surface area is 249 Å². The number of ether oxygens (including phenoxy) is 2. The van der Waals surface area contributed by atoms with Crippen molar-refractivity contribution in [3.05, 3.63) is 36.3 Å². The molecule has 0 spiro atoms. The summed E-state index contributed by atoms with van der Waals surface area (Å²) in [5.74, 6) is 2.42. The van der Waals surface area contributed by atoms with Crippen LogP contribution in [0.4, 0.5) is 10.6 Å². The lowest BCUT2D eigenvalue weighted by Gasteiger charge is -2.34. The first kappa shape index (κ1) is 31.4. The molecule has 1 saturated heterocycles. The maximum atomic E-state index is 12.9. The molecule has 0 radical (unpaired) electrons. The van der Waals surface area contributed by atoms with Gasteiger partial charge < -0.3 is 30.3 Å². The number of amides is 2. The third kappa shape index (κ3) is 8.98. The lowest BCUT2D eigenvalue weighted by molar-refractivity contribution is 0.130. The van der Waals surface area contributed by atoms with Gasteiger partial charge in [0, 0.05) is 61.4 Å². The Bertz CT molecular complexity index is 1310. The second-order valence-corrected chi connectivity index (χ2v) is 11.8. The fraction of sp³-hybridized carbons (Fsp3) is 0.548. The van der Waals surface area contributed by atoms with Gasteiger partial charge in [0.25, 0.3) is 0 Å². The molecule has 2 amide bonds. The third-order valence-corrected chi connectivity index (χ3v) is 7.27. The molecule has 4 rings (SSSR count). The molecular weight excluding hydrogens is 532 g/mol. The number of rotatable bonds is 12. The van der Waals surface area contributed by atoms with Crippen molar-refractivity contribution >= 4 is 22.9 Å². The number of hydrogen-bond donors (Lipinski definition) is 3. The average molecular weight is 579 g/mol. The Balaban J connectivity index is 1.48. The minimum absolute atomic E-state index is 0.347. The van der Waals surface area contributed by atoms with Crippen LogP contribution in [0, 0.1) is 0 Å². The van der Waals surface area contributed by atoms with E-state index in [1.54, 1.807) is 20.3 Å². The number of nitrogens with zero attached hydrogens (tertiary/aromatic N) is 5. The molecule has 0 unspecified atom stereocenters. The van der Waals surface area contributed by atoms with Crippen molar-refractivity contribution in [3.8, 4) is 22.6 Å². The molecule has 1 fully saturated rings. The zero-order chi connectivity index (χ0) is 30.1. The molecule has 0 aliphatic carbocycles. The number of nitrogens with one attached hydrogen (secondary N) is 2. The van der Waals surface area contributed by atoms with Crippen molar-refractivity contribution in [3.63, 3.8) is 0 Å². The normalized spacial score (nSPS) is 14.6. The van der Waals surface area contributed by atoms with E-state index >= 15 is 0 Å². The predicted octanol–water partition coefficient (Wildman–Crippen LogP) is 3.92. The molecule has 11 nitrogen and oxygen atoms in total. The smallest absolute Gasteiger partial charge is 0.320 e. The van der Waals surface area contributed by atoms with Crippen LogP contribution in [0.5, 0.6) is 11.5 Å². The summed E-state index contributed by atoms with van der Waals surface area (Å²) in [6.45, 7) is 13.2. The first-order chi connectivity index (χ1) is 20.2. The number of pyridine rings is 1. The van der Waals surface area contributed by atoms with E-state index in [1.807, 2.05) is 45.2 Å². The van der Waals surface area contributed by atoms with Gasteiger partial charge in [-0.15, -0.1) is 0 Å². The predicted molar refractivity (Wildman–Crippen MR) is 167 cm³/mol. The highest BCUT2D eigenvalue weighted by Crippen LogP contribution is 2.35. The zero-order valence-electron chi connectivity index (χ0n) is 25.7. The number of carbonyl (C=O) groups excluding carboxylic acids is 1. The fourth-order valence-electron chi connectivity index (χ4n) is 5.05. The number of anilines is 1. The lowest BCUT2D eigenvalue weighted by atomic mass is 10.0. The molecule has 3 heterocycles. The molecular formula is C31H46N8O3. The largest absolute Gasteiger partial charge is 0.497 e. The summed E-state index contributed by atoms with van der Waals surface area (Å²) in [6.07, 6.45) is 5.74. The van der Waals surface area contributed by atoms with Crippen LogP contribution in [0.3, 0.4) is 0 Å². The minimum atomic E-state index is -0.409. The van der Waals surface area contributed by atoms with Crippen LogP contribution in [0.2, 0.25) is 0 Å². The monoisotopic (exact) mass is 578 g/mol. The van der Waals surface area contributed by atoms with Gasteiger partial charge in [-0.3, -0.25) is 5.32 Å². The fourth-order valence-corrected chi connectivity index (χ4v) is 5.05. The van der Waals surface area contributed by atoms with E-state index in [1.165, 1.54) is 0 Å². The van der Waals surface area contributed by atoms with Gasteiger partial charge in [-0.25, -0.2) is 19.7 Å². The van der Waals surface area contributed by atoms with Gasteiger partial charge in [-0.1, -0.05) is 0 Å². The highest BCUT2D eigenvalue weighted by atomic mass is 16.5. The molecule has 228 valence electrons. The van der Waals surface area contributed by atoms with Crippen molar-refractivity contribution in [1.29, 1.82) is 0 Å². The molecule has 1 aromatic carbocycles. The van der Waals surface area contributed by atoms with Gasteiger partial charge in [0.15, 0.2) is 5.65 Å². The van der Waals surface area contributed by atoms with Gasteiger partial charge in [-0.2, -0.15) is 0 Å². The van der Waals surface area contributed by atoms with Crippen molar-refractivity contribution in [1.82, 2.24) is 30.1 Å². The van der Waals surface area contributed by atoms with Crippen LogP contribution >= 0.6 is 0 Å². The van der Waals surface area contributed by atoms with Gasteiger partial charge in [0.1, 0.15) is 23.1 Å². The molecule has 11 heteroatoms. The maximum Gasteiger partial charge on any atom is 0.320 e. The Hall–Kier alpha value is -3.54. The maximum absolute atomic E-state index is 12.9. The van der Waals surface area contributed by atoms with E-state index in [2.05, 4.69) is 25.4 Å². The number of piperazine rings is 1. The lowest BCUT2D eigenvalue weighted by Crippen LogP contribution is -2.46. The van der Waals surface area contributed by atoms with E-state index in [-0.39, 0.29) is 6.03 Å². The van der Waals surface area contributed by atoms with Crippen molar-refractivity contribution in [2.24, 2.45) is 5.73 Å². The number of urea groups is 1. The van der Waals surface area contributed by atoms with Gasteiger partial charge >= 0.3 is 6.03 Å². The van der Waals surface area contributed by atoms with Crippen LogP contribution < -0.4 is 25.8 Å². The second kappa shape index (κ2) is 14.6. The zero-order valence-corrected chi connectivity index (χ0v) is 25.7. The number of aryl methyl sites for hydroxylation is 1. The molecule has 1 aliphatic rings. The van der Waals surface area contributed by atoms with Crippen molar-refractivity contribution in [2.45, 2.75) is 52.0 Å². The molecule has 3 aromatic rings. The number of unbranched alkanes of at least 4 members (excludes halogenated alkanes) is 1. The van der Waals surface area contributed by atoms with Gasteiger partial charge in [0.2, 0.25) is 0 Å². The van der Waals surface area contributed by atoms with Crippen LogP contribution in [0.15, 0.2) is 30.5 Å². The van der Waals surface area contributed by atoms with E-state index < -0.39 is 5.54 Å². The molecule has 0 saturated carbocycles. The molecule has 4 N–H and O–H groups in total. The van der Waals surface area contributed by atoms with Crippen LogP contribution in [0.1, 0.15) is 45.9 Å². The van der Waals surface area contributed by atoms with Crippen LogP contribution in [0.25, 0.3) is 22.2 Å². The number of aromatic nitrogens is 3. The Morgan fingerprint density at radius 2 is 1.57 bits per heavy atom. The average Bonchev–Trinajstić information content (AvgIpc) is 2.97. The highest BCUT2D eigenvalue weighted by molar-refractivity contribution is 5.96. The molecule has 2 aromatic heterocycles. The second-order valence-electron chi connectivity index (χ2n) is 11.8. The topological polar surface area (TPSA) is 131 Å². The Kier molecular flexibility index (Phi) is 10.9. The highest BCUT2D eigenvalue weighted by Gasteiger charge is 2.19. The van der Waals surface area contributed by atoms with Crippen LogP contribution in [-0.4, -0.2) is 96.4 Å². The Morgan fingerprint density at radius 1 is 0.929 bits per heavy atom. The number of hydrogen-bond acceptors (Lipinski definition) is 9. The summed E-state index contributed by atoms with van der Waals surface area (Å²) in [7, 11) is 3.21. The van der Waals surface area contributed by atoms with Crippen molar-refractivity contribution in [2.75, 3.05) is 65.3 Å². The summed E-state index contributed by atoms with van der Waals surface area (Å²) in [6, 6.07) is 7.16. The summed E-state index contributed by atoms with van der Waals surface area (Å²) in [4.78, 5) is 32.1. The van der Waals surface area contributed by atoms with Crippen LogP contribution in [-0.2, 0) is 6.42 Å². The van der Waals surface area contributed by atoms with E-state index in [0.29, 0.717) is 28.5 Å². The van der Waals surface area contributed by atoms with E-state index in [4.69, 9.17) is 25.2 Å². The number of benzene rings is 1. The van der Waals surface area contributed by atoms with Gasteiger partial charge in [0.05, 0.1) is 14.2 Å². The molecule has 0 bridgehead atoms. The molecule has 0 atom stereocenters. The van der Waals surface area contributed by atoms with E-state index in [9.17, 15) is 4.79 Å².